The summed E-state index contributed by atoms with van der Waals surface area (Å²) in [5.74, 6) is 3.01. The van der Waals surface area contributed by atoms with Crippen LogP contribution in [-0.4, -0.2) is 65.4 Å². The maximum absolute atomic E-state index is 10.1. The lowest BCUT2D eigenvalue weighted by atomic mass is 10.2. The number of hydrogen-bond acceptors (Lipinski definition) is 6. The van der Waals surface area contributed by atoms with Crippen LogP contribution in [0.4, 0.5) is 5.69 Å². The van der Waals surface area contributed by atoms with Crippen LogP contribution in [0.5, 0.6) is 5.75 Å². The lowest BCUT2D eigenvalue weighted by Crippen LogP contribution is -2.52. The summed E-state index contributed by atoms with van der Waals surface area (Å²) >= 11 is 0. The molecule has 0 amide bonds. The molecule has 0 saturated carbocycles. The van der Waals surface area contributed by atoms with Gasteiger partial charge >= 0.3 is 0 Å². The van der Waals surface area contributed by atoms with Gasteiger partial charge in [-0.1, -0.05) is 31.1 Å². The van der Waals surface area contributed by atoms with E-state index in [0.717, 1.165) is 63.0 Å². The molecule has 1 aromatic heterocycles. The third-order valence-electron chi connectivity index (χ3n) is 4.95. The van der Waals surface area contributed by atoms with Gasteiger partial charge in [-0.25, -0.2) is 0 Å². The average Bonchev–Trinajstić information content (AvgIpc) is 3.20. The number of aromatic hydroxyl groups is 1. The first-order valence-electron chi connectivity index (χ1n) is 10.5. The van der Waals surface area contributed by atoms with Crippen LogP contribution in [0.25, 0.3) is 0 Å². The van der Waals surface area contributed by atoms with Crippen molar-refractivity contribution in [2.45, 2.75) is 39.5 Å². The van der Waals surface area contributed by atoms with Crippen LogP contribution in [0, 0.1) is 0 Å². The first kappa shape index (κ1) is 24.2. The van der Waals surface area contributed by atoms with E-state index in [-0.39, 0.29) is 29.9 Å². The molecule has 0 radical (unpaired) electrons. The molecule has 0 aliphatic carbocycles. The Morgan fingerprint density at radius 2 is 1.97 bits per heavy atom. The van der Waals surface area contributed by atoms with E-state index in [1.54, 1.807) is 6.07 Å². The highest BCUT2D eigenvalue weighted by Crippen LogP contribution is 2.27. The summed E-state index contributed by atoms with van der Waals surface area (Å²) in [6.45, 7) is 11.2. The number of hydrogen-bond donors (Lipinski definition) is 2. The highest BCUT2D eigenvalue weighted by Gasteiger charge is 2.21. The Labute approximate surface area is 195 Å². The highest BCUT2D eigenvalue weighted by molar-refractivity contribution is 14.0. The van der Waals surface area contributed by atoms with Gasteiger partial charge < -0.3 is 24.7 Å². The Kier molecular flexibility index (Phi) is 9.67. The van der Waals surface area contributed by atoms with Crippen LogP contribution in [0.2, 0.25) is 0 Å². The van der Waals surface area contributed by atoms with Crippen LogP contribution in [0.1, 0.15) is 44.8 Å². The maximum atomic E-state index is 10.1. The zero-order chi connectivity index (χ0) is 20.6. The summed E-state index contributed by atoms with van der Waals surface area (Å²) in [5, 5.41) is 17.5. The smallest absolute Gasteiger partial charge is 0.226 e. The number of para-hydroxylation sites is 2. The molecule has 30 heavy (non-hydrogen) atoms. The SMILES string of the molecule is CCNC(=NCCCc1nc(C(C)C)no1)N1CCN(c2ccccc2O)CC1.I. The van der Waals surface area contributed by atoms with Gasteiger partial charge in [0.25, 0.3) is 0 Å². The monoisotopic (exact) mass is 528 g/mol. The van der Waals surface area contributed by atoms with Crippen molar-refractivity contribution in [2.24, 2.45) is 4.99 Å². The Hall–Kier alpha value is -2.04. The summed E-state index contributed by atoms with van der Waals surface area (Å²) in [7, 11) is 0. The molecule has 3 rings (SSSR count). The molecule has 1 aliphatic heterocycles. The second-order valence-corrected chi connectivity index (χ2v) is 7.50. The number of halogens is 1. The van der Waals surface area contributed by atoms with Gasteiger partial charge in [0.1, 0.15) is 5.75 Å². The number of nitrogens with one attached hydrogen (secondary N) is 1. The zero-order valence-corrected chi connectivity index (χ0v) is 20.4. The average molecular weight is 528 g/mol. The largest absolute Gasteiger partial charge is 0.506 e. The minimum atomic E-state index is 0. The quantitative estimate of drug-likeness (QED) is 0.247. The number of piperazine rings is 1. The van der Waals surface area contributed by atoms with Crippen LogP contribution in [0.15, 0.2) is 33.8 Å². The number of anilines is 1. The van der Waals surface area contributed by atoms with Gasteiger partial charge in [-0.3, -0.25) is 4.99 Å². The third kappa shape index (κ3) is 6.48. The van der Waals surface area contributed by atoms with E-state index >= 15 is 0 Å². The molecule has 0 atom stereocenters. The van der Waals surface area contributed by atoms with Gasteiger partial charge in [-0.05, 0) is 25.5 Å². The van der Waals surface area contributed by atoms with Crippen molar-refractivity contribution in [1.82, 2.24) is 20.4 Å². The number of rotatable bonds is 7. The molecule has 0 spiro atoms. The van der Waals surface area contributed by atoms with Gasteiger partial charge in [0.05, 0.1) is 5.69 Å². The molecule has 1 saturated heterocycles. The Morgan fingerprint density at radius 3 is 2.60 bits per heavy atom. The summed E-state index contributed by atoms with van der Waals surface area (Å²) < 4.78 is 5.30. The molecule has 1 fully saturated rings. The Balaban J connectivity index is 0.00000320. The van der Waals surface area contributed by atoms with Crippen LogP contribution in [0.3, 0.4) is 0 Å². The van der Waals surface area contributed by atoms with Crippen molar-refractivity contribution >= 4 is 35.6 Å². The number of guanidine groups is 1. The number of benzene rings is 1. The van der Waals surface area contributed by atoms with Crippen molar-refractivity contribution in [2.75, 3.05) is 44.2 Å². The fraction of sp³-hybridized carbons (Fsp3) is 0.571. The molecule has 9 heteroatoms. The minimum absolute atomic E-state index is 0. The maximum Gasteiger partial charge on any atom is 0.226 e. The fourth-order valence-corrected chi connectivity index (χ4v) is 3.34. The van der Waals surface area contributed by atoms with Crippen LogP contribution in [-0.2, 0) is 6.42 Å². The number of phenolic OH excluding ortho intramolecular Hbond substituents is 1. The predicted molar refractivity (Wildman–Crippen MR) is 130 cm³/mol. The van der Waals surface area contributed by atoms with Crippen LogP contribution < -0.4 is 10.2 Å². The number of nitrogens with zero attached hydrogens (tertiary/aromatic N) is 5. The molecule has 0 unspecified atom stereocenters. The number of aryl methyl sites for hydroxylation is 1. The standard InChI is InChI=1S/C21H32N6O2.HI/c1-4-22-21(23-11-7-10-19-24-20(16(2)3)25-29-19)27-14-12-26(13-15-27)17-8-5-6-9-18(17)28;/h5-6,8-9,16,28H,4,7,10-15H2,1-3H3,(H,22,23);1H. The molecule has 1 aromatic carbocycles. The van der Waals surface area contributed by atoms with E-state index in [1.807, 2.05) is 18.2 Å². The Bertz CT molecular complexity index is 802. The van der Waals surface area contributed by atoms with E-state index < -0.39 is 0 Å². The molecule has 0 bridgehead atoms. The van der Waals surface area contributed by atoms with Gasteiger partial charge in [0, 0.05) is 51.6 Å². The van der Waals surface area contributed by atoms with E-state index in [9.17, 15) is 5.11 Å². The normalized spacial score (nSPS) is 14.7. The molecule has 166 valence electrons. The van der Waals surface area contributed by atoms with E-state index in [4.69, 9.17) is 9.52 Å². The highest BCUT2D eigenvalue weighted by atomic mass is 127. The van der Waals surface area contributed by atoms with Gasteiger partial charge in [-0.2, -0.15) is 4.98 Å². The van der Waals surface area contributed by atoms with Gasteiger partial charge in [-0.15, -0.1) is 24.0 Å². The molecule has 1 aliphatic rings. The number of phenols is 1. The topological polar surface area (TPSA) is 90.0 Å². The first-order chi connectivity index (χ1) is 14.1. The summed E-state index contributed by atoms with van der Waals surface area (Å²) in [6, 6.07) is 7.51. The van der Waals surface area contributed by atoms with Gasteiger partial charge in [0.2, 0.25) is 5.89 Å². The fourth-order valence-electron chi connectivity index (χ4n) is 3.34. The predicted octanol–water partition coefficient (Wildman–Crippen LogP) is 3.24. The van der Waals surface area contributed by atoms with E-state index in [0.29, 0.717) is 18.2 Å². The summed E-state index contributed by atoms with van der Waals surface area (Å²) in [6.07, 6.45) is 1.61. The second-order valence-electron chi connectivity index (χ2n) is 7.50. The molecule has 8 nitrogen and oxygen atoms in total. The summed E-state index contributed by atoms with van der Waals surface area (Å²) in [5.41, 5.74) is 0.898. The molecular weight excluding hydrogens is 495 g/mol. The molecular formula is C21H33IN6O2. The number of aromatic nitrogens is 2. The zero-order valence-electron chi connectivity index (χ0n) is 18.0. The lowest BCUT2D eigenvalue weighted by Gasteiger charge is -2.37. The van der Waals surface area contributed by atoms with Crippen molar-refractivity contribution in [1.29, 1.82) is 0 Å². The van der Waals surface area contributed by atoms with E-state index in [1.165, 1.54) is 0 Å². The first-order valence-corrected chi connectivity index (χ1v) is 10.5. The van der Waals surface area contributed by atoms with E-state index in [2.05, 4.69) is 46.0 Å². The molecule has 2 N–H and O–H groups in total. The van der Waals surface area contributed by atoms with Crippen molar-refractivity contribution in [3.05, 3.63) is 36.0 Å². The molecule has 2 heterocycles. The van der Waals surface area contributed by atoms with Crippen molar-refractivity contribution in [3.8, 4) is 5.75 Å². The minimum Gasteiger partial charge on any atom is -0.506 e. The summed E-state index contributed by atoms with van der Waals surface area (Å²) in [4.78, 5) is 13.7. The molecule has 2 aromatic rings. The van der Waals surface area contributed by atoms with Crippen LogP contribution >= 0.6 is 24.0 Å². The third-order valence-corrected chi connectivity index (χ3v) is 4.95. The Morgan fingerprint density at radius 1 is 1.23 bits per heavy atom. The van der Waals surface area contributed by atoms with Crippen molar-refractivity contribution < 1.29 is 9.63 Å². The van der Waals surface area contributed by atoms with Crippen molar-refractivity contribution in [3.63, 3.8) is 0 Å². The lowest BCUT2D eigenvalue weighted by molar-refractivity contribution is 0.365. The second kappa shape index (κ2) is 12.0. The van der Waals surface area contributed by atoms with Gasteiger partial charge in [0.15, 0.2) is 11.8 Å². The number of aliphatic imine (C=N–C) groups is 1.